The number of hydrogen-bond acceptors (Lipinski definition) is 7. The van der Waals surface area contributed by atoms with E-state index in [9.17, 15) is 4.79 Å². The molecule has 0 bridgehead atoms. The lowest BCUT2D eigenvalue weighted by Crippen LogP contribution is -2.49. The first-order valence-electron chi connectivity index (χ1n) is 12.9. The maximum atomic E-state index is 10.9. The minimum absolute atomic E-state index is 0.175. The third-order valence-corrected chi connectivity index (χ3v) is 6.55. The molecular formula is C29H31N5O4. The first kappa shape index (κ1) is 25.7. The second-order valence-corrected chi connectivity index (χ2v) is 9.62. The number of imidazole rings is 1. The number of aromatic nitrogens is 3. The van der Waals surface area contributed by atoms with Crippen LogP contribution in [0.5, 0.6) is 0 Å². The van der Waals surface area contributed by atoms with Gasteiger partial charge in [-0.05, 0) is 62.3 Å². The molecule has 0 spiro atoms. The molecule has 0 aliphatic carbocycles. The topological polar surface area (TPSA) is 109 Å². The maximum Gasteiger partial charge on any atom is 0.231 e. The van der Waals surface area contributed by atoms with Gasteiger partial charge in [0.15, 0.2) is 12.1 Å². The molecule has 4 heterocycles. The number of benzene rings is 1. The van der Waals surface area contributed by atoms with Gasteiger partial charge in [-0.2, -0.15) is 0 Å². The van der Waals surface area contributed by atoms with Crippen LogP contribution in [-0.4, -0.2) is 58.0 Å². The molecule has 2 saturated heterocycles. The lowest BCUT2D eigenvalue weighted by Gasteiger charge is -2.34. The molecule has 9 nitrogen and oxygen atoms in total. The van der Waals surface area contributed by atoms with E-state index in [0.29, 0.717) is 12.3 Å². The van der Waals surface area contributed by atoms with Gasteiger partial charge in [-0.3, -0.25) is 9.69 Å². The van der Waals surface area contributed by atoms with E-state index in [1.54, 1.807) is 6.20 Å². The fraction of sp³-hybridized carbons (Fsp3) is 0.414. The van der Waals surface area contributed by atoms with Crippen molar-refractivity contribution in [1.29, 1.82) is 0 Å². The molecule has 1 aromatic carbocycles. The molecule has 1 unspecified atom stereocenters. The van der Waals surface area contributed by atoms with Crippen molar-refractivity contribution in [3.8, 4) is 35.0 Å². The van der Waals surface area contributed by atoms with Crippen LogP contribution in [0.1, 0.15) is 49.4 Å². The van der Waals surface area contributed by atoms with Gasteiger partial charge >= 0.3 is 0 Å². The predicted molar refractivity (Wildman–Crippen MR) is 140 cm³/mol. The molecule has 2 N–H and O–H groups in total. The van der Waals surface area contributed by atoms with Crippen molar-refractivity contribution in [3.63, 3.8) is 0 Å². The first-order valence-corrected chi connectivity index (χ1v) is 12.9. The average molecular weight is 514 g/mol. The Kier molecular flexibility index (Phi) is 8.20. The molecule has 196 valence electrons. The number of primary amides is 1. The fourth-order valence-corrected chi connectivity index (χ4v) is 4.59. The fourth-order valence-electron chi connectivity index (χ4n) is 4.59. The highest BCUT2D eigenvalue weighted by molar-refractivity contribution is 5.76. The van der Waals surface area contributed by atoms with E-state index in [1.165, 1.54) is 0 Å². The molecule has 0 saturated carbocycles. The van der Waals surface area contributed by atoms with Gasteiger partial charge in [0, 0.05) is 55.2 Å². The van der Waals surface area contributed by atoms with Crippen molar-refractivity contribution in [1.82, 2.24) is 19.6 Å². The van der Waals surface area contributed by atoms with E-state index < -0.39 is 0 Å². The van der Waals surface area contributed by atoms with Gasteiger partial charge in [-0.1, -0.05) is 17.0 Å². The number of carbonyl (C=O) groups is 1. The van der Waals surface area contributed by atoms with E-state index in [4.69, 9.17) is 19.7 Å². The normalized spacial score (nSPS) is 18.5. The van der Waals surface area contributed by atoms with E-state index in [2.05, 4.69) is 33.8 Å². The second-order valence-electron chi connectivity index (χ2n) is 9.62. The summed E-state index contributed by atoms with van der Waals surface area (Å²) >= 11 is 0. The molecule has 2 fully saturated rings. The van der Waals surface area contributed by atoms with Crippen LogP contribution in [0.3, 0.4) is 0 Å². The second kappa shape index (κ2) is 12.1. The Hall–Kier alpha value is -3.89. The van der Waals surface area contributed by atoms with Crippen LogP contribution in [0.4, 0.5) is 0 Å². The Labute approximate surface area is 222 Å². The van der Waals surface area contributed by atoms with Crippen molar-refractivity contribution < 1.29 is 18.8 Å². The summed E-state index contributed by atoms with van der Waals surface area (Å²) in [6.45, 7) is 5.08. The lowest BCUT2D eigenvalue weighted by atomic mass is 10.0. The zero-order valence-electron chi connectivity index (χ0n) is 21.4. The third kappa shape index (κ3) is 6.70. The summed E-state index contributed by atoms with van der Waals surface area (Å²) in [6, 6.07) is 9.72. The largest absolute Gasteiger partial charge is 0.369 e. The molecule has 0 radical (unpaired) electrons. The summed E-state index contributed by atoms with van der Waals surface area (Å²) in [6.07, 6.45) is 6.44. The van der Waals surface area contributed by atoms with Crippen LogP contribution < -0.4 is 5.73 Å². The molecule has 2 aliphatic heterocycles. The lowest BCUT2D eigenvalue weighted by molar-refractivity contribution is -0.188. The summed E-state index contributed by atoms with van der Waals surface area (Å²) in [5, 5.41) is 4.25. The molecular weight excluding hydrogens is 482 g/mol. The van der Waals surface area contributed by atoms with Crippen molar-refractivity contribution in [2.75, 3.05) is 26.2 Å². The minimum Gasteiger partial charge on any atom is -0.369 e. The van der Waals surface area contributed by atoms with Crippen LogP contribution in [0.25, 0.3) is 11.3 Å². The van der Waals surface area contributed by atoms with Gasteiger partial charge in [-0.15, -0.1) is 0 Å². The zero-order valence-corrected chi connectivity index (χ0v) is 21.4. The quantitative estimate of drug-likeness (QED) is 0.461. The maximum absolute atomic E-state index is 10.9. The van der Waals surface area contributed by atoms with Gasteiger partial charge < -0.3 is 24.3 Å². The number of nitrogens with zero attached hydrogens (tertiary/aromatic N) is 4. The van der Waals surface area contributed by atoms with Gasteiger partial charge in [0.1, 0.15) is 17.6 Å². The smallest absolute Gasteiger partial charge is 0.231 e. The van der Waals surface area contributed by atoms with Crippen LogP contribution in [0, 0.1) is 29.6 Å². The average Bonchev–Trinajstić information content (AvgIpc) is 3.56. The van der Waals surface area contributed by atoms with Gasteiger partial charge in [0.2, 0.25) is 5.91 Å². The van der Waals surface area contributed by atoms with Crippen LogP contribution in [0.15, 0.2) is 47.2 Å². The van der Waals surface area contributed by atoms with Gasteiger partial charge in [0.25, 0.3) is 0 Å². The minimum atomic E-state index is -0.311. The molecule has 2 atom stereocenters. The van der Waals surface area contributed by atoms with Crippen molar-refractivity contribution >= 4 is 5.91 Å². The summed E-state index contributed by atoms with van der Waals surface area (Å²) in [5.74, 6) is 13.4. The Bertz CT molecular complexity index is 1360. The summed E-state index contributed by atoms with van der Waals surface area (Å²) in [7, 11) is 0. The number of carbonyl (C=O) groups excluding carboxylic acids is 1. The predicted octanol–water partition coefficient (Wildman–Crippen LogP) is 2.96. The molecule has 9 heteroatoms. The highest BCUT2D eigenvalue weighted by Gasteiger charge is 2.25. The Morgan fingerprint density at radius 1 is 1.24 bits per heavy atom. The third-order valence-electron chi connectivity index (χ3n) is 6.55. The molecule has 1 amide bonds. The Morgan fingerprint density at radius 3 is 2.84 bits per heavy atom. The molecule has 5 rings (SSSR count). The van der Waals surface area contributed by atoms with Crippen molar-refractivity contribution in [2.24, 2.45) is 11.7 Å². The Balaban J connectivity index is 1.15. The molecule has 38 heavy (non-hydrogen) atoms. The highest BCUT2D eigenvalue weighted by Crippen LogP contribution is 2.25. The first-order chi connectivity index (χ1) is 18.5. The summed E-state index contributed by atoms with van der Waals surface area (Å²) in [4.78, 5) is 17.4. The van der Waals surface area contributed by atoms with E-state index in [1.807, 2.05) is 52.9 Å². The van der Waals surface area contributed by atoms with Crippen LogP contribution in [-0.2, 0) is 20.8 Å². The molecule has 2 aromatic heterocycles. The SMILES string of the molecule is C[C@H](OC1CCCCO1)c1nccn1Cc1cc(-c2ccc(C#CC#CC3CN(CC(N)=O)C3)cc2)on1. The summed E-state index contributed by atoms with van der Waals surface area (Å²) in [5.41, 5.74) is 7.77. The number of ether oxygens (including phenoxy) is 2. The molecule has 3 aromatic rings. The van der Waals surface area contributed by atoms with Crippen LogP contribution >= 0.6 is 0 Å². The highest BCUT2D eigenvalue weighted by atomic mass is 16.7. The van der Waals surface area contributed by atoms with Crippen molar-refractivity contribution in [2.45, 2.75) is 45.1 Å². The number of hydrogen-bond donors (Lipinski definition) is 1. The van der Waals surface area contributed by atoms with E-state index in [0.717, 1.165) is 61.6 Å². The van der Waals surface area contributed by atoms with Crippen LogP contribution in [0.2, 0.25) is 0 Å². The monoisotopic (exact) mass is 513 g/mol. The van der Waals surface area contributed by atoms with Crippen molar-refractivity contribution in [3.05, 3.63) is 59.8 Å². The number of amides is 1. The van der Waals surface area contributed by atoms with E-state index >= 15 is 0 Å². The standard InChI is InChI=1S/C29H31N5O4/c1-21(37-28-8-4-5-15-36-28)29-31-13-14-34(29)19-25-16-26(38-32-25)24-11-9-22(10-12-24)6-2-3-7-23-17-33(18-23)20-27(30)35/h9-14,16,21,23,28H,4-5,8,15,17-20H2,1H3,(H2,30,35)/t21-,28?/m0/s1. The number of likely N-dealkylation sites (tertiary alicyclic amines) is 1. The Morgan fingerprint density at radius 2 is 2.08 bits per heavy atom. The number of nitrogens with two attached hydrogens (primary N) is 1. The summed E-state index contributed by atoms with van der Waals surface area (Å²) < 4.78 is 19.4. The zero-order chi connectivity index (χ0) is 26.3. The number of rotatable bonds is 8. The van der Waals surface area contributed by atoms with E-state index in [-0.39, 0.29) is 30.8 Å². The van der Waals surface area contributed by atoms with Gasteiger partial charge in [0.05, 0.1) is 13.1 Å². The van der Waals surface area contributed by atoms with Gasteiger partial charge in [-0.25, -0.2) is 4.98 Å². The molecule has 2 aliphatic rings.